The van der Waals surface area contributed by atoms with Gasteiger partial charge in [0.2, 0.25) is 5.78 Å². The summed E-state index contributed by atoms with van der Waals surface area (Å²) in [6, 6.07) is 8.98. The standard InChI is InChI=1S/C12H14N3O5P/c1-19-21(18,20-2)12-10(15(16)17)8-13-11(14-12)9-6-4-3-5-7-9/h3-8,12H,1-2H3,(H,13,14). The molecule has 9 heteroatoms. The van der Waals surface area contributed by atoms with Gasteiger partial charge in [0, 0.05) is 19.8 Å². The molecule has 1 heterocycles. The van der Waals surface area contributed by atoms with Crippen LogP contribution in [0.4, 0.5) is 0 Å². The van der Waals surface area contributed by atoms with Gasteiger partial charge in [-0.2, -0.15) is 0 Å². The van der Waals surface area contributed by atoms with Crippen LogP contribution in [0.15, 0.2) is 47.2 Å². The number of nitro groups is 1. The van der Waals surface area contributed by atoms with E-state index in [4.69, 9.17) is 9.05 Å². The molecule has 1 aromatic rings. The molecule has 1 atom stereocenters. The summed E-state index contributed by atoms with van der Waals surface area (Å²) < 4.78 is 22.2. The predicted octanol–water partition coefficient (Wildman–Crippen LogP) is 1.97. The zero-order valence-electron chi connectivity index (χ0n) is 11.4. The van der Waals surface area contributed by atoms with Crippen molar-refractivity contribution in [3.8, 4) is 0 Å². The van der Waals surface area contributed by atoms with E-state index in [2.05, 4.69) is 10.3 Å². The zero-order chi connectivity index (χ0) is 15.5. The summed E-state index contributed by atoms with van der Waals surface area (Å²) in [5.74, 6) is -0.959. The Kier molecular flexibility index (Phi) is 4.52. The molecule has 0 bridgehead atoms. The van der Waals surface area contributed by atoms with Crippen LogP contribution in [-0.2, 0) is 13.6 Å². The fourth-order valence-electron chi connectivity index (χ4n) is 1.85. The Balaban J connectivity index is 2.46. The number of hydrogen-bond acceptors (Lipinski definition) is 7. The molecule has 112 valence electrons. The highest BCUT2D eigenvalue weighted by Crippen LogP contribution is 2.55. The third-order valence-electron chi connectivity index (χ3n) is 2.94. The normalized spacial score (nSPS) is 18.5. The number of rotatable bonds is 5. The van der Waals surface area contributed by atoms with E-state index in [1.165, 1.54) is 14.2 Å². The van der Waals surface area contributed by atoms with Crippen molar-refractivity contribution < 1.29 is 18.5 Å². The van der Waals surface area contributed by atoms with Gasteiger partial charge < -0.3 is 14.4 Å². The Bertz CT molecular complexity index is 636. The number of hydrogen-bond donors (Lipinski definition) is 1. The van der Waals surface area contributed by atoms with Gasteiger partial charge in [-0.25, -0.2) is 4.99 Å². The van der Waals surface area contributed by atoms with Crippen molar-refractivity contribution in [1.29, 1.82) is 0 Å². The van der Waals surface area contributed by atoms with Crippen LogP contribution in [0.5, 0.6) is 0 Å². The van der Waals surface area contributed by atoms with Gasteiger partial charge in [-0.3, -0.25) is 14.7 Å². The average molecular weight is 311 g/mol. The van der Waals surface area contributed by atoms with Crippen LogP contribution in [0, 0.1) is 10.1 Å². The molecule has 1 aliphatic heterocycles. The molecule has 0 saturated carbocycles. The molecule has 0 radical (unpaired) electrons. The fourth-order valence-corrected chi connectivity index (χ4v) is 3.15. The van der Waals surface area contributed by atoms with Crippen LogP contribution in [0.25, 0.3) is 0 Å². The number of nitrogens with one attached hydrogen (secondary N) is 1. The first-order valence-electron chi connectivity index (χ1n) is 5.97. The number of aliphatic imine (C=N–C) groups is 1. The van der Waals surface area contributed by atoms with E-state index < -0.39 is 18.3 Å². The van der Waals surface area contributed by atoms with Gasteiger partial charge in [-0.1, -0.05) is 30.3 Å². The molecule has 1 N–H and O–H groups in total. The molecule has 2 rings (SSSR count). The lowest BCUT2D eigenvalue weighted by Crippen LogP contribution is -2.32. The van der Waals surface area contributed by atoms with Crippen molar-refractivity contribution in [1.82, 2.24) is 5.32 Å². The smallest absolute Gasteiger partial charge is 0.341 e. The van der Waals surface area contributed by atoms with Gasteiger partial charge in [0.1, 0.15) is 5.84 Å². The van der Waals surface area contributed by atoms with E-state index in [0.29, 0.717) is 11.4 Å². The lowest BCUT2D eigenvalue weighted by atomic mass is 10.2. The van der Waals surface area contributed by atoms with Crippen LogP contribution in [0.1, 0.15) is 5.56 Å². The Labute approximate surface area is 121 Å². The van der Waals surface area contributed by atoms with Crippen molar-refractivity contribution in [2.75, 3.05) is 14.2 Å². The molecule has 0 spiro atoms. The first-order valence-corrected chi connectivity index (χ1v) is 7.58. The van der Waals surface area contributed by atoms with Crippen LogP contribution < -0.4 is 5.32 Å². The fraction of sp³-hybridized carbons (Fsp3) is 0.250. The quantitative estimate of drug-likeness (QED) is 0.506. The van der Waals surface area contributed by atoms with Crippen LogP contribution in [0.3, 0.4) is 0 Å². The molecule has 1 aliphatic rings. The molecule has 0 fully saturated rings. The highest BCUT2D eigenvalue weighted by molar-refractivity contribution is 7.54. The number of benzene rings is 1. The molecule has 0 amide bonds. The molecule has 1 unspecified atom stereocenters. The maximum atomic E-state index is 12.5. The maximum Gasteiger partial charge on any atom is 0.365 e. The van der Waals surface area contributed by atoms with Gasteiger partial charge in [0.25, 0.3) is 5.70 Å². The monoisotopic (exact) mass is 311 g/mol. The van der Waals surface area contributed by atoms with Crippen molar-refractivity contribution >= 4 is 13.4 Å². The second-order valence-electron chi connectivity index (χ2n) is 4.09. The highest BCUT2D eigenvalue weighted by Gasteiger charge is 2.45. The van der Waals surface area contributed by atoms with E-state index in [9.17, 15) is 14.7 Å². The Morgan fingerprint density at radius 2 is 1.90 bits per heavy atom. The topological polar surface area (TPSA) is 103 Å². The van der Waals surface area contributed by atoms with Gasteiger partial charge >= 0.3 is 7.60 Å². The van der Waals surface area contributed by atoms with Gasteiger partial charge in [-0.15, -0.1) is 0 Å². The van der Waals surface area contributed by atoms with Crippen molar-refractivity contribution in [3.63, 3.8) is 0 Å². The maximum absolute atomic E-state index is 12.5. The second kappa shape index (κ2) is 6.17. The van der Waals surface area contributed by atoms with Crippen LogP contribution in [-0.4, -0.2) is 30.8 Å². The molecular formula is C12H14N3O5P. The van der Waals surface area contributed by atoms with Crippen molar-refractivity contribution in [3.05, 3.63) is 57.9 Å². The number of amidine groups is 1. The molecule has 1 aromatic carbocycles. The first kappa shape index (κ1) is 15.4. The van der Waals surface area contributed by atoms with E-state index in [0.717, 1.165) is 6.20 Å². The largest absolute Gasteiger partial charge is 0.365 e. The molecule has 0 saturated heterocycles. The summed E-state index contributed by atoms with van der Waals surface area (Å²) in [5, 5.41) is 13.8. The third kappa shape index (κ3) is 3.02. The van der Waals surface area contributed by atoms with Crippen LogP contribution >= 0.6 is 7.60 Å². The minimum atomic E-state index is -3.76. The Morgan fingerprint density at radius 3 is 2.43 bits per heavy atom. The predicted molar refractivity (Wildman–Crippen MR) is 76.6 cm³/mol. The SMILES string of the molecule is COP(=O)(OC)C1N=C(c2ccccc2)NC=C1[N+](=O)[O-]. The second-order valence-corrected chi connectivity index (χ2v) is 6.39. The minimum Gasteiger partial charge on any atom is -0.341 e. The summed E-state index contributed by atoms with van der Waals surface area (Å²) in [6.45, 7) is 0. The number of nitrogens with zero attached hydrogens (tertiary/aromatic N) is 2. The van der Waals surface area contributed by atoms with Crippen LogP contribution in [0.2, 0.25) is 0 Å². The average Bonchev–Trinajstić information content (AvgIpc) is 2.54. The summed E-state index contributed by atoms with van der Waals surface area (Å²) in [6.07, 6.45) is 1.16. The van der Waals surface area contributed by atoms with Gasteiger partial charge in [0.15, 0.2) is 0 Å². The molecular weight excluding hydrogens is 297 g/mol. The van der Waals surface area contributed by atoms with E-state index in [1.54, 1.807) is 24.3 Å². The van der Waals surface area contributed by atoms with Gasteiger partial charge in [0.05, 0.1) is 11.1 Å². The summed E-state index contributed by atoms with van der Waals surface area (Å²) in [7, 11) is -1.43. The van der Waals surface area contributed by atoms with E-state index in [1.807, 2.05) is 6.07 Å². The van der Waals surface area contributed by atoms with E-state index >= 15 is 0 Å². The highest BCUT2D eigenvalue weighted by atomic mass is 31.2. The minimum absolute atomic E-state index is 0.362. The first-order chi connectivity index (χ1) is 10.0. The molecule has 8 nitrogen and oxygen atoms in total. The van der Waals surface area contributed by atoms with Crippen molar-refractivity contribution in [2.24, 2.45) is 4.99 Å². The lowest BCUT2D eigenvalue weighted by molar-refractivity contribution is -0.428. The van der Waals surface area contributed by atoms with Crippen molar-refractivity contribution in [2.45, 2.75) is 5.78 Å². The zero-order valence-corrected chi connectivity index (χ0v) is 12.3. The summed E-state index contributed by atoms with van der Waals surface area (Å²) in [5.41, 5.74) is 0.335. The third-order valence-corrected chi connectivity index (χ3v) is 4.94. The van der Waals surface area contributed by atoms with Gasteiger partial charge in [-0.05, 0) is 0 Å². The van der Waals surface area contributed by atoms with E-state index in [-0.39, 0.29) is 5.70 Å². The molecule has 0 aromatic heterocycles. The Morgan fingerprint density at radius 1 is 1.29 bits per heavy atom. The Hall–Kier alpha value is -2.02. The molecule has 21 heavy (non-hydrogen) atoms. The summed E-state index contributed by atoms with van der Waals surface area (Å²) in [4.78, 5) is 14.6. The molecule has 0 aliphatic carbocycles. The summed E-state index contributed by atoms with van der Waals surface area (Å²) >= 11 is 0. The lowest BCUT2D eigenvalue weighted by Gasteiger charge is -2.23.